The van der Waals surface area contributed by atoms with Crippen molar-refractivity contribution in [3.05, 3.63) is 12.2 Å². The fourth-order valence-electron chi connectivity index (χ4n) is 4.82. The number of carbonyl (C=O) groups excluding carboxylic acids is 3. The number of cyclic esters (lactones) is 1. The van der Waals surface area contributed by atoms with E-state index in [2.05, 4.69) is 10.6 Å². The summed E-state index contributed by atoms with van der Waals surface area (Å²) in [6.07, 6.45) is 12.3. The van der Waals surface area contributed by atoms with E-state index in [0.717, 1.165) is 51.4 Å². The van der Waals surface area contributed by atoms with Crippen molar-refractivity contribution in [2.45, 2.75) is 88.1 Å². The minimum Gasteiger partial charge on any atom is -0.463 e. The zero-order chi connectivity index (χ0) is 20.7. The Bertz CT molecular complexity index is 633. The van der Waals surface area contributed by atoms with E-state index in [1.54, 1.807) is 0 Å². The normalized spacial score (nSPS) is 27.0. The van der Waals surface area contributed by atoms with Crippen molar-refractivity contribution in [3.8, 4) is 0 Å². The van der Waals surface area contributed by atoms with Gasteiger partial charge in [-0.05, 0) is 38.5 Å². The fourth-order valence-corrected chi connectivity index (χ4v) is 4.82. The monoisotopic (exact) mass is 406 g/mol. The molecular formula is C22H34N2O5. The van der Waals surface area contributed by atoms with Crippen LogP contribution < -0.4 is 10.6 Å². The molecule has 7 nitrogen and oxygen atoms in total. The lowest BCUT2D eigenvalue weighted by atomic mass is 9.92. The Morgan fingerprint density at radius 1 is 1.14 bits per heavy atom. The van der Waals surface area contributed by atoms with Gasteiger partial charge in [-0.15, -0.1) is 0 Å². The molecule has 0 unspecified atom stereocenters. The van der Waals surface area contributed by atoms with Gasteiger partial charge < -0.3 is 20.5 Å². The number of amides is 2. The number of hydrogen-bond donors (Lipinski definition) is 3. The summed E-state index contributed by atoms with van der Waals surface area (Å²) in [6.45, 7) is 0.137. The van der Waals surface area contributed by atoms with Gasteiger partial charge in [0.15, 0.2) is 0 Å². The highest BCUT2D eigenvalue weighted by Crippen LogP contribution is 2.32. The Morgan fingerprint density at radius 3 is 2.52 bits per heavy atom. The second-order valence-corrected chi connectivity index (χ2v) is 8.98. The lowest BCUT2D eigenvalue weighted by molar-refractivity contribution is -0.147. The Kier molecular flexibility index (Phi) is 7.33. The molecule has 1 heterocycles. The minimum absolute atomic E-state index is 0.0655. The van der Waals surface area contributed by atoms with E-state index in [9.17, 15) is 19.5 Å². The number of aliphatic hydroxyl groups excluding tert-OH is 1. The lowest BCUT2D eigenvalue weighted by Crippen LogP contribution is -2.53. The molecule has 0 radical (unpaired) electrons. The first-order chi connectivity index (χ1) is 14.0. The van der Waals surface area contributed by atoms with Crippen LogP contribution in [0, 0.1) is 5.92 Å². The third-order valence-electron chi connectivity index (χ3n) is 6.63. The van der Waals surface area contributed by atoms with E-state index >= 15 is 0 Å². The smallest absolute Gasteiger partial charge is 0.306 e. The molecule has 3 rings (SSSR count). The molecule has 0 bridgehead atoms. The summed E-state index contributed by atoms with van der Waals surface area (Å²) in [7, 11) is 0. The molecule has 0 saturated heterocycles. The van der Waals surface area contributed by atoms with Crippen molar-refractivity contribution in [2.24, 2.45) is 5.92 Å². The Balaban J connectivity index is 1.69. The van der Waals surface area contributed by atoms with Crippen LogP contribution in [0.5, 0.6) is 0 Å². The summed E-state index contributed by atoms with van der Waals surface area (Å²) in [4.78, 5) is 37.7. The van der Waals surface area contributed by atoms with Gasteiger partial charge >= 0.3 is 5.97 Å². The third kappa shape index (κ3) is 5.81. The summed E-state index contributed by atoms with van der Waals surface area (Å²) in [5.74, 6) is -1.06. The van der Waals surface area contributed by atoms with E-state index < -0.39 is 17.0 Å². The van der Waals surface area contributed by atoms with Gasteiger partial charge in [-0.1, -0.05) is 37.8 Å². The van der Waals surface area contributed by atoms with Crippen molar-refractivity contribution < 1.29 is 24.2 Å². The molecule has 2 fully saturated rings. The number of esters is 1. The van der Waals surface area contributed by atoms with Crippen LogP contribution in [0.3, 0.4) is 0 Å². The van der Waals surface area contributed by atoms with Crippen molar-refractivity contribution in [1.29, 1.82) is 0 Å². The average molecular weight is 407 g/mol. The van der Waals surface area contributed by atoms with Gasteiger partial charge in [0, 0.05) is 12.8 Å². The lowest BCUT2D eigenvalue weighted by Gasteiger charge is -2.32. The number of nitrogens with one attached hydrogen (secondary N) is 2. The number of aliphatic hydroxyl groups is 1. The Morgan fingerprint density at radius 2 is 1.83 bits per heavy atom. The predicted octanol–water partition coefficient (Wildman–Crippen LogP) is 2.13. The van der Waals surface area contributed by atoms with Crippen LogP contribution in [0.25, 0.3) is 0 Å². The van der Waals surface area contributed by atoms with Gasteiger partial charge in [-0.25, -0.2) is 0 Å². The maximum absolute atomic E-state index is 13.1. The second kappa shape index (κ2) is 9.74. The molecule has 0 aromatic heterocycles. The topological polar surface area (TPSA) is 105 Å². The van der Waals surface area contributed by atoms with Crippen molar-refractivity contribution in [2.75, 3.05) is 13.2 Å². The first kappa shape index (κ1) is 21.8. The molecule has 0 aromatic rings. The van der Waals surface area contributed by atoms with Gasteiger partial charge in [0.05, 0.1) is 23.6 Å². The molecule has 3 N–H and O–H groups in total. The number of rotatable bonds is 4. The summed E-state index contributed by atoms with van der Waals surface area (Å²) >= 11 is 0. The van der Waals surface area contributed by atoms with E-state index in [0.29, 0.717) is 19.3 Å². The van der Waals surface area contributed by atoms with Gasteiger partial charge in [0.25, 0.3) is 0 Å². The van der Waals surface area contributed by atoms with Crippen molar-refractivity contribution >= 4 is 17.8 Å². The summed E-state index contributed by atoms with van der Waals surface area (Å²) in [5.41, 5.74) is -1.04. The number of hydrogen-bond acceptors (Lipinski definition) is 5. The average Bonchev–Trinajstić information content (AvgIpc) is 3.35. The van der Waals surface area contributed by atoms with Crippen LogP contribution in [0.2, 0.25) is 0 Å². The van der Waals surface area contributed by atoms with Crippen LogP contribution in [0.15, 0.2) is 12.2 Å². The van der Waals surface area contributed by atoms with E-state index in [4.69, 9.17) is 4.74 Å². The van der Waals surface area contributed by atoms with Gasteiger partial charge in [0.2, 0.25) is 11.8 Å². The maximum atomic E-state index is 13.1. The maximum Gasteiger partial charge on any atom is 0.306 e. The van der Waals surface area contributed by atoms with Gasteiger partial charge in [0.1, 0.15) is 6.61 Å². The number of carbonyl (C=O) groups is 3. The summed E-state index contributed by atoms with van der Waals surface area (Å²) < 4.78 is 5.44. The first-order valence-electron chi connectivity index (χ1n) is 11.0. The molecule has 2 saturated carbocycles. The van der Waals surface area contributed by atoms with Crippen LogP contribution in [-0.2, 0) is 19.1 Å². The quantitative estimate of drug-likeness (QED) is 0.490. The summed E-state index contributed by atoms with van der Waals surface area (Å²) in [6, 6.07) is 0. The van der Waals surface area contributed by atoms with Crippen LogP contribution in [0.4, 0.5) is 0 Å². The molecule has 3 aliphatic rings. The molecule has 7 heteroatoms. The predicted molar refractivity (Wildman–Crippen MR) is 108 cm³/mol. The molecule has 0 aromatic carbocycles. The standard InChI is InChI=1S/C22H34N2O5/c25-15-21(10-4-5-11-21)23-18(26)14-17-8-2-1-3-9-19(27)29-16-22(24-20(17)28)12-6-7-13-22/h1-2,17,25H,3-16H2,(H,23,26)(H,24,28)/t17-/m1/s1. The Labute approximate surface area is 172 Å². The highest BCUT2D eigenvalue weighted by molar-refractivity contribution is 5.86. The fraction of sp³-hybridized carbons (Fsp3) is 0.773. The largest absolute Gasteiger partial charge is 0.463 e. The summed E-state index contributed by atoms with van der Waals surface area (Å²) in [5, 5.41) is 15.9. The van der Waals surface area contributed by atoms with Crippen LogP contribution in [0.1, 0.15) is 77.0 Å². The van der Waals surface area contributed by atoms with E-state index in [1.165, 1.54) is 0 Å². The number of ether oxygens (including phenoxy) is 1. The van der Waals surface area contributed by atoms with Crippen LogP contribution >= 0.6 is 0 Å². The van der Waals surface area contributed by atoms with E-state index in [1.807, 2.05) is 12.2 Å². The molecule has 162 valence electrons. The zero-order valence-electron chi connectivity index (χ0n) is 17.2. The van der Waals surface area contributed by atoms with Crippen molar-refractivity contribution in [1.82, 2.24) is 10.6 Å². The van der Waals surface area contributed by atoms with Crippen molar-refractivity contribution in [3.63, 3.8) is 0 Å². The SMILES string of the molecule is O=C(C[C@H]1CC=CCCC(=O)OCC2(CCCC2)NC1=O)NC1(CO)CCCC1. The zero-order valence-corrected chi connectivity index (χ0v) is 17.2. The third-order valence-corrected chi connectivity index (χ3v) is 6.63. The van der Waals surface area contributed by atoms with Gasteiger partial charge in [-0.3, -0.25) is 14.4 Å². The molecule has 2 amide bonds. The highest BCUT2D eigenvalue weighted by Gasteiger charge is 2.39. The van der Waals surface area contributed by atoms with Crippen LogP contribution in [-0.4, -0.2) is 47.2 Å². The Hall–Kier alpha value is -1.89. The first-order valence-corrected chi connectivity index (χ1v) is 11.0. The van der Waals surface area contributed by atoms with E-state index in [-0.39, 0.29) is 37.4 Å². The van der Waals surface area contributed by atoms with Gasteiger partial charge in [-0.2, -0.15) is 0 Å². The molecule has 29 heavy (non-hydrogen) atoms. The molecule has 1 spiro atoms. The molecule has 2 aliphatic carbocycles. The minimum atomic E-state index is -0.532. The molecule has 1 aliphatic heterocycles. The molecular weight excluding hydrogens is 372 g/mol. The molecule has 1 atom stereocenters. The number of allylic oxidation sites excluding steroid dienone is 2. The highest BCUT2D eigenvalue weighted by atomic mass is 16.5. The second-order valence-electron chi connectivity index (χ2n) is 8.98.